The zero-order valence-electron chi connectivity index (χ0n) is 18.6. The molecule has 2 heterocycles. The normalized spacial score (nSPS) is 24.6. The summed E-state index contributed by atoms with van der Waals surface area (Å²) in [5.74, 6) is -0.232. The molecule has 1 aliphatic heterocycles. The minimum absolute atomic E-state index is 0.000542. The number of sulfonamides is 1. The summed E-state index contributed by atoms with van der Waals surface area (Å²) >= 11 is 0. The van der Waals surface area contributed by atoms with Crippen molar-refractivity contribution in [1.29, 1.82) is 0 Å². The third kappa shape index (κ3) is 4.81. The summed E-state index contributed by atoms with van der Waals surface area (Å²) in [7, 11) is -3.36. The van der Waals surface area contributed by atoms with Crippen molar-refractivity contribution in [3.05, 3.63) is 36.0 Å². The minimum Gasteiger partial charge on any atom is -0.355 e. The van der Waals surface area contributed by atoms with Gasteiger partial charge in [0.15, 0.2) is 0 Å². The van der Waals surface area contributed by atoms with Crippen LogP contribution in [0.3, 0.4) is 0 Å². The Labute approximate surface area is 185 Å². The number of nitrogens with one attached hydrogen (secondary N) is 1. The van der Waals surface area contributed by atoms with Crippen LogP contribution in [0.2, 0.25) is 0 Å². The average Bonchev–Trinajstić information content (AvgIpc) is 3.34. The maximum absolute atomic E-state index is 12.8. The Hall–Kier alpha value is -1.90. The molecule has 1 aromatic carbocycles. The fraction of sp³-hybridized carbons (Fsp3) is 0.609. The molecule has 2 fully saturated rings. The largest absolute Gasteiger partial charge is 0.355 e. The number of aromatic nitrogens is 1. The van der Waals surface area contributed by atoms with E-state index in [0.717, 1.165) is 51.9 Å². The van der Waals surface area contributed by atoms with Gasteiger partial charge in [-0.1, -0.05) is 24.6 Å². The number of fused-ring (bicyclic) bond motifs is 2. The highest BCUT2D eigenvalue weighted by molar-refractivity contribution is 7.88. The molecule has 7 nitrogen and oxygen atoms in total. The van der Waals surface area contributed by atoms with Gasteiger partial charge >= 0.3 is 0 Å². The van der Waals surface area contributed by atoms with Crippen LogP contribution in [0.5, 0.6) is 0 Å². The molecule has 0 spiro atoms. The van der Waals surface area contributed by atoms with E-state index in [-0.39, 0.29) is 17.9 Å². The predicted molar refractivity (Wildman–Crippen MR) is 123 cm³/mol. The van der Waals surface area contributed by atoms with E-state index >= 15 is 0 Å². The van der Waals surface area contributed by atoms with E-state index in [9.17, 15) is 13.2 Å². The number of hydrogen-bond acceptors (Lipinski definition) is 4. The summed E-state index contributed by atoms with van der Waals surface area (Å²) in [4.78, 5) is 15.2. The van der Waals surface area contributed by atoms with Gasteiger partial charge in [-0.2, -0.15) is 4.31 Å². The van der Waals surface area contributed by atoms with E-state index in [0.29, 0.717) is 13.1 Å². The lowest BCUT2D eigenvalue weighted by Gasteiger charge is -2.30. The molecule has 31 heavy (non-hydrogen) atoms. The summed E-state index contributed by atoms with van der Waals surface area (Å²) in [6, 6.07) is 8.25. The third-order valence-electron chi connectivity index (χ3n) is 6.80. The van der Waals surface area contributed by atoms with Crippen molar-refractivity contribution in [2.24, 2.45) is 5.92 Å². The number of hydrogen-bond donors (Lipinski definition) is 1. The number of rotatable bonds is 4. The quantitative estimate of drug-likeness (QED) is 0.783. The Morgan fingerprint density at radius 3 is 2.68 bits per heavy atom. The molecule has 2 atom stereocenters. The monoisotopic (exact) mass is 446 g/mol. The number of amides is 1. The molecule has 0 bridgehead atoms. The molecule has 1 aromatic heterocycles. The summed E-state index contributed by atoms with van der Waals surface area (Å²) in [6.45, 7) is 6.47. The lowest BCUT2D eigenvalue weighted by atomic mass is 10.0. The third-order valence-corrected chi connectivity index (χ3v) is 8.10. The van der Waals surface area contributed by atoms with Gasteiger partial charge in [-0.05, 0) is 44.4 Å². The number of benzene rings is 1. The standard InChI is InChI=1S/C23H34N4O3S/c1-3-26-17-18(19-8-4-5-10-21(19)26)16-25-13-7-14-27(31(2,29)30)22-11-6-9-20(22)23(28)24-12-15-25/h4-5,8,10,17,20,22H,3,6-7,9,11-16H2,1-2H3,(H,24,28)/t20-,22+/m1/s1. The number of para-hydroxylation sites is 1. The highest BCUT2D eigenvalue weighted by atomic mass is 32.2. The van der Waals surface area contributed by atoms with E-state index in [1.54, 1.807) is 4.31 Å². The van der Waals surface area contributed by atoms with Crippen LogP contribution in [0.4, 0.5) is 0 Å². The Morgan fingerprint density at radius 2 is 1.90 bits per heavy atom. The zero-order valence-corrected chi connectivity index (χ0v) is 19.4. The van der Waals surface area contributed by atoms with Crippen molar-refractivity contribution in [2.75, 3.05) is 32.4 Å². The Morgan fingerprint density at radius 1 is 1.10 bits per heavy atom. The number of carbonyl (C=O) groups is 1. The first-order chi connectivity index (χ1) is 14.9. The fourth-order valence-electron chi connectivity index (χ4n) is 5.31. The second-order valence-corrected chi connectivity index (χ2v) is 10.8. The molecule has 1 N–H and O–H groups in total. The van der Waals surface area contributed by atoms with Crippen LogP contribution < -0.4 is 5.32 Å². The Kier molecular flexibility index (Phi) is 6.69. The van der Waals surface area contributed by atoms with Crippen molar-refractivity contribution in [3.8, 4) is 0 Å². The van der Waals surface area contributed by atoms with Crippen molar-refractivity contribution in [1.82, 2.24) is 19.1 Å². The van der Waals surface area contributed by atoms with Crippen molar-refractivity contribution < 1.29 is 13.2 Å². The zero-order chi connectivity index (χ0) is 22.0. The number of aryl methyl sites for hydroxylation is 1. The van der Waals surface area contributed by atoms with Crippen LogP contribution >= 0.6 is 0 Å². The topological polar surface area (TPSA) is 74.6 Å². The molecular weight excluding hydrogens is 412 g/mol. The van der Waals surface area contributed by atoms with Crippen molar-refractivity contribution in [3.63, 3.8) is 0 Å². The van der Waals surface area contributed by atoms with Gasteiger partial charge in [0.25, 0.3) is 0 Å². The van der Waals surface area contributed by atoms with Gasteiger partial charge in [-0.15, -0.1) is 0 Å². The van der Waals surface area contributed by atoms with E-state index in [1.165, 1.54) is 22.7 Å². The fourth-order valence-corrected chi connectivity index (χ4v) is 6.51. The number of carbonyl (C=O) groups excluding carboxylic acids is 1. The lowest BCUT2D eigenvalue weighted by Crippen LogP contribution is -2.47. The predicted octanol–water partition coefficient (Wildman–Crippen LogP) is 2.41. The molecule has 1 aliphatic carbocycles. The SMILES string of the molecule is CCn1cc(CN2CCCN(S(C)(=O)=O)[C@H]3CCC[C@H]3C(=O)NCC2)c2ccccc21. The van der Waals surface area contributed by atoms with E-state index in [2.05, 4.69) is 52.2 Å². The lowest BCUT2D eigenvalue weighted by molar-refractivity contribution is -0.125. The van der Waals surface area contributed by atoms with Gasteiger partial charge in [0, 0.05) is 55.9 Å². The van der Waals surface area contributed by atoms with Crippen LogP contribution in [-0.4, -0.2) is 66.6 Å². The molecule has 4 rings (SSSR count). The summed E-state index contributed by atoms with van der Waals surface area (Å²) in [6.07, 6.45) is 6.70. The maximum atomic E-state index is 12.8. The van der Waals surface area contributed by atoms with Gasteiger partial charge in [-0.25, -0.2) is 8.42 Å². The smallest absolute Gasteiger partial charge is 0.224 e. The van der Waals surface area contributed by atoms with Crippen LogP contribution in [0.15, 0.2) is 30.5 Å². The first kappa shape index (κ1) is 22.3. The molecule has 1 saturated heterocycles. The van der Waals surface area contributed by atoms with Gasteiger partial charge in [0.2, 0.25) is 15.9 Å². The highest BCUT2D eigenvalue weighted by Crippen LogP contribution is 2.32. The molecule has 1 amide bonds. The van der Waals surface area contributed by atoms with Gasteiger partial charge in [-0.3, -0.25) is 9.69 Å². The van der Waals surface area contributed by atoms with Crippen LogP contribution in [-0.2, 0) is 27.9 Å². The molecule has 2 aliphatic rings. The molecule has 170 valence electrons. The van der Waals surface area contributed by atoms with Gasteiger partial charge in [0.1, 0.15) is 0 Å². The molecule has 1 saturated carbocycles. The first-order valence-electron chi connectivity index (χ1n) is 11.4. The van der Waals surface area contributed by atoms with Crippen LogP contribution in [0.25, 0.3) is 10.9 Å². The number of nitrogens with zero attached hydrogens (tertiary/aromatic N) is 3. The maximum Gasteiger partial charge on any atom is 0.224 e. The average molecular weight is 447 g/mol. The molecule has 8 heteroatoms. The van der Waals surface area contributed by atoms with E-state index in [4.69, 9.17) is 0 Å². The first-order valence-corrected chi connectivity index (χ1v) is 13.3. The van der Waals surface area contributed by atoms with Crippen LogP contribution in [0.1, 0.15) is 38.2 Å². The van der Waals surface area contributed by atoms with E-state index in [1.807, 2.05) is 0 Å². The molecular formula is C23H34N4O3S. The summed E-state index contributed by atoms with van der Waals surface area (Å²) in [5, 5.41) is 4.34. The minimum atomic E-state index is -3.36. The van der Waals surface area contributed by atoms with Crippen molar-refractivity contribution >= 4 is 26.8 Å². The molecule has 2 aromatic rings. The highest BCUT2D eigenvalue weighted by Gasteiger charge is 2.40. The summed E-state index contributed by atoms with van der Waals surface area (Å²) in [5.41, 5.74) is 2.51. The van der Waals surface area contributed by atoms with Crippen molar-refractivity contribution in [2.45, 2.75) is 51.7 Å². The second kappa shape index (κ2) is 9.30. The van der Waals surface area contributed by atoms with E-state index < -0.39 is 10.0 Å². The Balaban J connectivity index is 1.55. The van der Waals surface area contributed by atoms with Crippen LogP contribution in [0, 0.1) is 5.92 Å². The molecule has 0 radical (unpaired) electrons. The second-order valence-electron chi connectivity index (χ2n) is 8.86. The van der Waals surface area contributed by atoms with Gasteiger partial charge in [0.05, 0.1) is 12.2 Å². The van der Waals surface area contributed by atoms with Gasteiger partial charge < -0.3 is 9.88 Å². The summed E-state index contributed by atoms with van der Waals surface area (Å²) < 4.78 is 28.9. The molecule has 0 unspecified atom stereocenters. The Bertz CT molecular complexity index is 1030.